The third-order valence-electron chi connectivity index (χ3n) is 4.53. The van der Waals surface area contributed by atoms with E-state index in [-0.39, 0.29) is 0 Å². The summed E-state index contributed by atoms with van der Waals surface area (Å²) in [6.07, 6.45) is 12.3. The molecule has 0 N–H and O–H groups in total. The van der Waals surface area contributed by atoms with Crippen LogP contribution in [0, 0.1) is 0 Å². The summed E-state index contributed by atoms with van der Waals surface area (Å²) in [6, 6.07) is 12.7. The van der Waals surface area contributed by atoms with Gasteiger partial charge in [-0.2, -0.15) is 0 Å². The summed E-state index contributed by atoms with van der Waals surface area (Å²) in [5.41, 5.74) is 3.26. The zero-order valence-electron chi connectivity index (χ0n) is 14.1. The summed E-state index contributed by atoms with van der Waals surface area (Å²) in [7, 11) is 0. The van der Waals surface area contributed by atoms with E-state index in [1.807, 2.05) is 12.3 Å². The van der Waals surface area contributed by atoms with Crippen LogP contribution in [-0.2, 0) is 6.42 Å². The van der Waals surface area contributed by atoms with Crippen molar-refractivity contribution in [2.24, 2.45) is 0 Å². The molecule has 0 saturated carbocycles. The van der Waals surface area contributed by atoms with E-state index in [4.69, 9.17) is 4.98 Å². The topological polar surface area (TPSA) is 25.8 Å². The molecule has 2 nitrogen and oxygen atoms in total. The fraction of sp³-hybridized carbons (Fsp3) is 0.429. The average Bonchev–Trinajstić information content (AvgIpc) is 2.61. The van der Waals surface area contributed by atoms with Crippen LogP contribution < -0.4 is 0 Å². The molecule has 0 radical (unpaired) electrons. The fourth-order valence-electron chi connectivity index (χ4n) is 3.17. The van der Waals surface area contributed by atoms with Gasteiger partial charge in [0.05, 0.1) is 11.0 Å². The first-order valence-corrected chi connectivity index (χ1v) is 9.02. The number of hydrogen-bond donors (Lipinski definition) is 0. The molecule has 0 unspecified atom stereocenters. The second kappa shape index (κ2) is 8.05. The Labute approximate surface area is 139 Å². The zero-order valence-corrected chi connectivity index (χ0v) is 14.1. The van der Waals surface area contributed by atoms with E-state index in [0.717, 1.165) is 17.5 Å². The largest absolute Gasteiger partial charge is 0.254 e. The Morgan fingerprint density at radius 3 is 2.26 bits per heavy atom. The quantitative estimate of drug-likeness (QED) is 0.372. The lowest BCUT2D eigenvalue weighted by Gasteiger charge is -2.06. The first-order valence-electron chi connectivity index (χ1n) is 9.02. The van der Waals surface area contributed by atoms with Crippen LogP contribution in [0.4, 0.5) is 0 Å². The number of rotatable bonds is 8. The molecular formula is C21H26N2. The molecule has 0 aliphatic carbocycles. The maximum Gasteiger partial charge on any atom is 0.0967 e. The first-order chi connectivity index (χ1) is 11.4. The number of hydrogen-bond acceptors (Lipinski definition) is 2. The Kier molecular flexibility index (Phi) is 5.57. The van der Waals surface area contributed by atoms with Gasteiger partial charge in [0.1, 0.15) is 0 Å². The smallest absolute Gasteiger partial charge is 0.0967 e. The second-order valence-electron chi connectivity index (χ2n) is 6.39. The molecule has 0 fully saturated rings. The number of pyridine rings is 2. The monoisotopic (exact) mass is 306 g/mol. The van der Waals surface area contributed by atoms with Crippen LogP contribution in [0.1, 0.15) is 57.6 Å². The minimum atomic E-state index is 1.02. The van der Waals surface area contributed by atoms with Gasteiger partial charge in [-0.15, -0.1) is 0 Å². The van der Waals surface area contributed by atoms with E-state index in [0.29, 0.717) is 0 Å². The number of aryl methyl sites for hydroxylation is 1. The van der Waals surface area contributed by atoms with E-state index in [1.54, 1.807) is 0 Å². The summed E-state index contributed by atoms with van der Waals surface area (Å²) in [5, 5.41) is 2.35. The minimum absolute atomic E-state index is 1.02. The van der Waals surface area contributed by atoms with Crippen molar-refractivity contribution in [3.8, 4) is 0 Å². The van der Waals surface area contributed by atoms with Gasteiger partial charge in [0.2, 0.25) is 0 Å². The van der Waals surface area contributed by atoms with Gasteiger partial charge in [-0.3, -0.25) is 9.97 Å². The molecule has 3 rings (SSSR count). The van der Waals surface area contributed by atoms with E-state index < -0.39 is 0 Å². The van der Waals surface area contributed by atoms with Crippen molar-refractivity contribution >= 4 is 21.8 Å². The van der Waals surface area contributed by atoms with Crippen LogP contribution in [0.25, 0.3) is 21.8 Å². The molecule has 0 aliphatic rings. The molecule has 3 aromatic rings. The first kappa shape index (κ1) is 15.9. The average molecular weight is 306 g/mol. The van der Waals surface area contributed by atoms with Crippen molar-refractivity contribution in [3.63, 3.8) is 0 Å². The second-order valence-corrected chi connectivity index (χ2v) is 6.39. The summed E-state index contributed by atoms with van der Waals surface area (Å²) >= 11 is 0. The normalized spacial score (nSPS) is 11.3. The summed E-state index contributed by atoms with van der Waals surface area (Å²) < 4.78 is 0. The van der Waals surface area contributed by atoms with Crippen molar-refractivity contribution < 1.29 is 0 Å². The Balaban J connectivity index is 1.64. The lowest BCUT2D eigenvalue weighted by atomic mass is 10.1. The molecule has 23 heavy (non-hydrogen) atoms. The third-order valence-corrected chi connectivity index (χ3v) is 4.53. The lowest BCUT2D eigenvalue weighted by Crippen LogP contribution is -1.93. The molecule has 1 aromatic carbocycles. The highest BCUT2D eigenvalue weighted by Crippen LogP contribution is 2.22. The summed E-state index contributed by atoms with van der Waals surface area (Å²) in [6.45, 7) is 2.27. The number of unbranched alkanes of at least 4 members (excludes halogenated alkanes) is 6. The predicted octanol–water partition coefficient (Wildman–Crippen LogP) is 6.08. The number of fused-ring (bicyclic) bond motifs is 3. The molecule has 0 aliphatic heterocycles. The number of nitrogens with zero attached hydrogens (tertiary/aromatic N) is 2. The molecule has 0 spiro atoms. The molecule has 0 bridgehead atoms. The van der Waals surface area contributed by atoms with Crippen LogP contribution in [0.2, 0.25) is 0 Å². The van der Waals surface area contributed by atoms with Gasteiger partial charge >= 0.3 is 0 Å². The van der Waals surface area contributed by atoms with Gasteiger partial charge in [0.15, 0.2) is 0 Å². The van der Waals surface area contributed by atoms with Crippen molar-refractivity contribution in [1.82, 2.24) is 9.97 Å². The molecule has 2 heterocycles. The molecule has 2 aromatic heterocycles. The highest BCUT2D eigenvalue weighted by Gasteiger charge is 2.04. The molecular weight excluding hydrogens is 280 g/mol. The van der Waals surface area contributed by atoms with Crippen LogP contribution in [0.5, 0.6) is 0 Å². The molecule has 120 valence electrons. The van der Waals surface area contributed by atoms with Crippen LogP contribution in [0.15, 0.2) is 42.6 Å². The maximum absolute atomic E-state index is 4.89. The maximum atomic E-state index is 4.89. The van der Waals surface area contributed by atoms with Crippen molar-refractivity contribution in [1.29, 1.82) is 0 Å². The van der Waals surface area contributed by atoms with E-state index >= 15 is 0 Å². The minimum Gasteiger partial charge on any atom is -0.254 e. The van der Waals surface area contributed by atoms with Crippen LogP contribution in [-0.4, -0.2) is 9.97 Å². The highest BCUT2D eigenvalue weighted by atomic mass is 14.7. The molecule has 0 atom stereocenters. The van der Waals surface area contributed by atoms with Gasteiger partial charge in [0, 0.05) is 22.7 Å². The number of benzene rings is 1. The van der Waals surface area contributed by atoms with Crippen molar-refractivity contribution in [2.75, 3.05) is 0 Å². The Bertz CT molecular complexity index is 764. The fourth-order valence-corrected chi connectivity index (χ4v) is 3.17. The van der Waals surface area contributed by atoms with E-state index in [1.165, 1.54) is 61.4 Å². The molecule has 2 heteroatoms. The van der Waals surface area contributed by atoms with Gasteiger partial charge in [0.25, 0.3) is 0 Å². The Morgan fingerprint density at radius 1 is 0.739 bits per heavy atom. The third kappa shape index (κ3) is 4.07. The molecule has 0 amide bonds. The predicted molar refractivity (Wildman–Crippen MR) is 98.7 cm³/mol. The Morgan fingerprint density at radius 2 is 1.43 bits per heavy atom. The van der Waals surface area contributed by atoms with Crippen molar-refractivity contribution in [3.05, 3.63) is 48.3 Å². The zero-order chi connectivity index (χ0) is 15.9. The van der Waals surface area contributed by atoms with Crippen LogP contribution >= 0.6 is 0 Å². The lowest BCUT2D eigenvalue weighted by molar-refractivity contribution is 0.587. The summed E-state index contributed by atoms with van der Waals surface area (Å²) in [5.74, 6) is 0. The Hall–Kier alpha value is -1.96. The van der Waals surface area contributed by atoms with E-state index in [2.05, 4.69) is 42.2 Å². The van der Waals surface area contributed by atoms with Gasteiger partial charge in [-0.25, -0.2) is 0 Å². The van der Waals surface area contributed by atoms with Crippen molar-refractivity contribution in [2.45, 2.75) is 58.3 Å². The van der Waals surface area contributed by atoms with Gasteiger partial charge in [-0.1, -0.05) is 69.7 Å². The van der Waals surface area contributed by atoms with Gasteiger partial charge in [-0.05, 0) is 25.0 Å². The highest BCUT2D eigenvalue weighted by molar-refractivity contribution is 6.02. The van der Waals surface area contributed by atoms with E-state index in [9.17, 15) is 0 Å². The number of aromatic nitrogens is 2. The van der Waals surface area contributed by atoms with Crippen LogP contribution in [0.3, 0.4) is 0 Å². The molecule has 0 saturated heterocycles. The SMILES string of the molecule is CCCCCCCCCc1ccc2ccc3cccnc3c2n1. The summed E-state index contributed by atoms with van der Waals surface area (Å²) in [4.78, 5) is 9.41. The standard InChI is InChI=1S/C21H26N2/c1-2-3-4-5-6-7-8-11-19-15-14-18-13-12-17-10-9-16-22-20(17)21(18)23-19/h9-10,12-16H,2-8,11H2,1H3. The van der Waals surface area contributed by atoms with Gasteiger partial charge < -0.3 is 0 Å².